The van der Waals surface area contributed by atoms with Gasteiger partial charge in [-0.1, -0.05) is 48.0 Å². The van der Waals surface area contributed by atoms with E-state index in [-0.39, 0.29) is 10.8 Å². The molecule has 7 nitrogen and oxygen atoms in total. The van der Waals surface area contributed by atoms with Gasteiger partial charge in [0.2, 0.25) is 21.8 Å². The fourth-order valence-corrected chi connectivity index (χ4v) is 5.48. The number of sulfonamides is 1. The molecule has 1 fully saturated rings. The first-order valence-electron chi connectivity index (χ1n) is 10.5. The summed E-state index contributed by atoms with van der Waals surface area (Å²) in [6.45, 7) is 2.03. The molecule has 0 atom stereocenters. The van der Waals surface area contributed by atoms with Gasteiger partial charge in [-0.05, 0) is 42.5 Å². The van der Waals surface area contributed by atoms with Gasteiger partial charge in [0, 0.05) is 37.4 Å². The second-order valence-corrected chi connectivity index (χ2v) is 9.99. The third kappa shape index (κ3) is 4.37. The van der Waals surface area contributed by atoms with Gasteiger partial charge in [0.1, 0.15) is 0 Å². The van der Waals surface area contributed by atoms with Gasteiger partial charge in [-0.3, -0.25) is 0 Å². The van der Waals surface area contributed by atoms with Crippen molar-refractivity contribution < 1.29 is 12.8 Å². The molecule has 168 valence electrons. The van der Waals surface area contributed by atoms with Crippen LogP contribution in [0.5, 0.6) is 0 Å². The fourth-order valence-electron chi connectivity index (χ4n) is 3.83. The Morgan fingerprint density at radius 3 is 2.12 bits per heavy atom. The molecule has 9 heteroatoms. The van der Waals surface area contributed by atoms with E-state index in [1.165, 1.54) is 16.4 Å². The Kier molecular flexibility index (Phi) is 5.88. The molecule has 33 heavy (non-hydrogen) atoms. The highest BCUT2D eigenvalue weighted by Gasteiger charge is 2.29. The van der Waals surface area contributed by atoms with Gasteiger partial charge in [-0.2, -0.15) is 4.31 Å². The van der Waals surface area contributed by atoms with Gasteiger partial charge in [-0.15, -0.1) is 10.2 Å². The van der Waals surface area contributed by atoms with E-state index < -0.39 is 10.0 Å². The number of hydrogen-bond acceptors (Lipinski definition) is 6. The van der Waals surface area contributed by atoms with Crippen molar-refractivity contribution in [1.82, 2.24) is 14.5 Å². The van der Waals surface area contributed by atoms with Crippen molar-refractivity contribution in [2.45, 2.75) is 4.90 Å². The summed E-state index contributed by atoms with van der Waals surface area (Å²) in [6.07, 6.45) is 0. The summed E-state index contributed by atoms with van der Waals surface area (Å²) in [5, 5.41) is 8.51. The average molecular weight is 481 g/mol. The highest BCUT2D eigenvalue weighted by Crippen LogP contribution is 2.32. The lowest BCUT2D eigenvalue weighted by atomic mass is 10.2. The average Bonchev–Trinajstić information content (AvgIpc) is 3.35. The molecule has 0 saturated carbocycles. The van der Waals surface area contributed by atoms with Crippen LogP contribution in [0.15, 0.2) is 88.2 Å². The summed E-state index contributed by atoms with van der Waals surface area (Å²) in [5.41, 5.74) is 2.25. The van der Waals surface area contributed by atoms with E-state index in [2.05, 4.69) is 15.1 Å². The molecular formula is C24H21ClN4O3S. The Bertz CT molecular complexity index is 1350. The lowest BCUT2D eigenvalue weighted by Gasteiger charge is -2.35. The van der Waals surface area contributed by atoms with E-state index in [9.17, 15) is 8.42 Å². The highest BCUT2D eigenvalue weighted by molar-refractivity contribution is 7.89. The van der Waals surface area contributed by atoms with E-state index in [1.807, 2.05) is 60.7 Å². The van der Waals surface area contributed by atoms with Gasteiger partial charge < -0.3 is 9.32 Å². The predicted molar refractivity (Wildman–Crippen MR) is 128 cm³/mol. The van der Waals surface area contributed by atoms with Crippen LogP contribution in [-0.4, -0.2) is 49.1 Å². The van der Waals surface area contributed by atoms with Gasteiger partial charge in [0.25, 0.3) is 0 Å². The second kappa shape index (κ2) is 8.97. The summed E-state index contributed by atoms with van der Waals surface area (Å²) in [4.78, 5) is 2.33. The van der Waals surface area contributed by atoms with Crippen molar-refractivity contribution in [3.63, 3.8) is 0 Å². The van der Waals surface area contributed by atoms with Gasteiger partial charge in [-0.25, -0.2) is 8.42 Å². The summed E-state index contributed by atoms with van der Waals surface area (Å²) >= 11 is 6.37. The molecule has 0 spiro atoms. The standard InChI is InChI=1S/C24H21ClN4O3S/c25-22-12-11-20(17-21(22)24-27-26-23(32-24)18-7-3-1-4-8-18)33(30,31)29-15-13-28(14-16-29)19-9-5-2-6-10-19/h1-12,17H,13-16H2. The third-order valence-electron chi connectivity index (χ3n) is 5.61. The molecule has 1 aliphatic rings. The normalized spacial score (nSPS) is 15.0. The van der Waals surface area contributed by atoms with E-state index in [0.29, 0.717) is 42.7 Å². The number of rotatable bonds is 5. The zero-order valence-corrected chi connectivity index (χ0v) is 19.2. The van der Waals surface area contributed by atoms with Crippen LogP contribution in [0.2, 0.25) is 5.02 Å². The number of piperazine rings is 1. The van der Waals surface area contributed by atoms with E-state index >= 15 is 0 Å². The molecule has 4 aromatic rings. The fraction of sp³-hybridized carbons (Fsp3) is 0.167. The summed E-state index contributed by atoms with van der Waals surface area (Å²) in [5.74, 6) is 0.511. The minimum Gasteiger partial charge on any atom is -0.416 e. The van der Waals surface area contributed by atoms with Crippen molar-refractivity contribution in [3.8, 4) is 22.9 Å². The minimum atomic E-state index is -3.70. The number of anilines is 1. The molecule has 0 N–H and O–H groups in total. The smallest absolute Gasteiger partial charge is 0.249 e. The van der Waals surface area contributed by atoms with Gasteiger partial charge >= 0.3 is 0 Å². The molecule has 1 aromatic heterocycles. The molecular weight excluding hydrogens is 460 g/mol. The summed E-state index contributed by atoms with van der Waals surface area (Å²) in [6, 6.07) is 23.9. The van der Waals surface area contributed by atoms with Gasteiger partial charge in [0.15, 0.2) is 0 Å². The number of benzene rings is 3. The largest absolute Gasteiger partial charge is 0.416 e. The number of hydrogen-bond donors (Lipinski definition) is 0. The predicted octanol–water partition coefficient (Wildman–Crippen LogP) is 4.57. The zero-order chi connectivity index (χ0) is 22.8. The van der Waals surface area contributed by atoms with Crippen LogP contribution in [0.3, 0.4) is 0 Å². The monoisotopic (exact) mass is 480 g/mol. The van der Waals surface area contributed by atoms with Crippen LogP contribution in [0, 0.1) is 0 Å². The van der Waals surface area contributed by atoms with E-state index in [4.69, 9.17) is 16.0 Å². The van der Waals surface area contributed by atoms with Crippen LogP contribution in [0.25, 0.3) is 22.9 Å². The number of nitrogens with zero attached hydrogens (tertiary/aromatic N) is 4. The number of aromatic nitrogens is 2. The molecule has 1 saturated heterocycles. The lowest BCUT2D eigenvalue weighted by molar-refractivity contribution is 0.385. The first-order chi connectivity index (χ1) is 16.0. The molecule has 0 unspecified atom stereocenters. The van der Waals surface area contributed by atoms with Crippen molar-refractivity contribution in [2.75, 3.05) is 31.1 Å². The topological polar surface area (TPSA) is 79.5 Å². The maximum atomic E-state index is 13.3. The van der Waals surface area contributed by atoms with Crippen LogP contribution in [0.1, 0.15) is 0 Å². The minimum absolute atomic E-state index is 0.148. The van der Waals surface area contributed by atoms with Crippen LogP contribution in [-0.2, 0) is 10.0 Å². The highest BCUT2D eigenvalue weighted by atomic mass is 35.5. The first-order valence-corrected chi connectivity index (χ1v) is 12.3. The molecule has 0 radical (unpaired) electrons. The Morgan fingerprint density at radius 2 is 1.42 bits per heavy atom. The third-order valence-corrected chi connectivity index (χ3v) is 7.84. The zero-order valence-electron chi connectivity index (χ0n) is 17.6. The SMILES string of the molecule is O=S(=O)(c1ccc(Cl)c(-c2nnc(-c3ccccc3)o2)c1)N1CCN(c2ccccc2)CC1. The quantitative estimate of drug-likeness (QED) is 0.416. The Morgan fingerprint density at radius 1 is 0.788 bits per heavy atom. The summed E-state index contributed by atoms with van der Waals surface area (Å²) in [7, 11) is -3.70. The molecule has 1 aliphatic heterocycles. The second-order valence-electron chi connectivity index (χ2n) is 7.65. The van der Waals surface area contributed by atoms with Crippen LogP contribution in [0.4, 0.5) is 5.69 Å². The Balaban J connectivity index is 1.38. The van der Waals surface area contributed by atoms with Crippen molar-refractivity contribution in [1.29, 1.82) is 0 Å². The van der Waals surface area contributed by atoms with Crippen molar-refractivity contribution >= 4 is 27.3 Å². The first kappa shape index (κ1) is 21.6. The van der Waals surface area contributed by atoms with Crippen molar-refractivity contribution in [3.05, 3.63) is 83.9 Å². The summed E-state index contributed by atoms with van der Waals surface area (Å²) < 4.78 is 34.0. The maximum absolute atomic E-state index is 13.3. The molecule has 0 aliphatic carbocycles. The molecule has 5 rings (SSSR count). The lowest BCUT2D eigenvalue weighted by Crippen LogP contribution is -2.48. The van der Waals surface area contributed by atoms with Gasteiger partial charge in [0.05, 0.1) is 15.5 Å². The van der Waals surface area contributed by atoms with Crippen molar-refractivity contribution in [2.24, 2.45) is 0 Å². The van der Waals surface area contributed by atoms with Crippen LogP contribution < -0.4 is 4.90 Å². The number of para-hydroxylation sites is 1. The molecule has 0 bridgehead atoms. The Hall–Kier alpha value is -3.20. The van der Waals surface area contributed by atoms with E-state index in [0.717, 1.165) is 11.3 Å². The maximum Gasteiger partial charge on any atom is 0.249 e. The molecule has 2 heterocycles. The van der Waals surface area contributed by atoms with E-state index in [1.54, 1.807) is 6.07 Å². The number of halogens is 1. The Labute approximate surface area is 197 Å². The molecule has 0 amide bonds. The van der Waals surface area contributed by atoms with Crippen LogP contribution >= 0.6 is 11.6 Å². The molecule has 3 aromatic carbocycles.